The van der Waals surface area contributed by atoms with E-state index in [1.807, 2.05) is 0 Å². The molecule has 0 saturated heterocycles. The van der Waals surface area contributed by atoms with Gasteiger partial charge >= 0.3 is 0 Å². The number of hydrogen-bond donors (Lipinski definition) is 1. The van der Waals surface area contributed by atoms with Crippen molar-refractivity contribution >= 4 is 17.5 Å². The molecule has 0 radical (unpaired) electrons. The number of rotatable bonds is 4. The minimum Gasteiger partial charge on any atom is -0.396 e. The molecule has 0 aliphatic heterocycles. The lowest BCUT2D eigenvalue weighted by Gasteiger charge is -1.98. The SMILES string of the molecule is CC(=O)c1ccc(SCCO)nc1. The van der Waals surface area contributed by atoms with Crippen molar-refractivity contribution in [2.45, 2.75) is 11.9 Å². The van der Waals surface area contributed by atoms with Gasteiger partial charge in [-0.25, -0.2) is 4.98 Å². The second-order valence-corrected chi connectivity index (χ2v) is 3.63. The van der Waals surface area contributed by atoms with Gasteiger partial charge in [0.25, 0.3) is 0 Å². The summed E-state index contributed by atoms with van der Waals surface area (Å²) in [5, 5.41) is 9.40. The number of thioether (sulfide) groups is 1. The summed E-state index contributed by atoms with van der Waals surface area (Å²) in [7, 11) is 0. The summed E-state index contributed by atoms with van der Waals surface area (Å²) < 4.78 is 0. The zero-order valence-electron chi connectivity index (χ0n) is 7.36. The summed E-state index contributed by atoms with van der Waals surface area (Å²) in [5.74, 6) is 0.651. The highest BCUT2D eigenvalue weighted by Gasteiger charge is 1.99. The molecule has 4 heteroatoms. The molecule has 0 bridgehead atoms. The van der Waals surface area contributed by atoms with Gasteiger partial charge in [-0.2, -0.15) is 0 Å². The van der Waals surface area contributed by atoms with Crippen LogP contribution in [0.25, 0.3) is 0 Å². The van der Waals surface area contributed by atoms with E-state index < -0.39 is 0 Å². The van der Waals surface area contributed by atoms with E-state index in [2.05, 4.69) is 4.98 Å². The van der Waals surface area contributed by atoms with Crippen molar-refractivity contribution in [1.29, 1.82) is 0 Å². The van der Waals surface area contributed by atoms with Gasteiger partial charge in [0, 0.05) is 17.5 Å². The number of Topliss-reactive ketones (excluding diaryl/α,β-unsaturated/α-hetero) is 1. The third kappa shape index (κ3) is 3.16. The molecule has 13 heavy (non-hydrogen) atoms. The first-order valence-corrected chi connectivity index (χ1v) is 4.93. The molecular formula is C9H11NO2S. The highest BCUT2D eigenvalue weighted by molar-refractivity contribution is 7.99. The van der Waals surface area contributed by atoms with E-state index in [0.29, 0.717) is 11.3 Å². The zero-order valence-corrected chi connectivity index (χ0v) is 8.17. The fraction of sp³-hybridized carbons (Fsp3) is 0.333. The fourth-order valence-corrected chi connectivity index (χ4v) is 1.42. The lowest BCUT2D eigenvalue weighted by molar-refractivity contribution is 0.101. The largest absolute Gasteiger partial charge is 0.396 e. The van der Waals surface area contributed by atoms with Gasteiger partial charge in [0.05, 0.1) is 11.6 Å². The third-order valence-electron chi connectivity index (χ3n) is 1.48. The van der Waals surface area contributed by atoms with Crippen LogP contribution < -0.4 is 0 Å². The van der Waals surface area contributed by atoms with Crippen molar-refractivity contribution in [3.8, 4) is 0 Å². The Bertz CT molecular complexity index is 284. The molecule has 0 fully saturated rings. The highest BCUT2D eigenvalue weighted by Crippen LogP contribution is 2.14. The Kier molecular flexibility index (Phi) is 3.92. The molecule has 3 nitrogen and oxygen atoms in total. The zero-order chi connectivity index (χ0) is 9.68. The molecule has 0 atom stereocenters. The number of carbonyl (C=O) groups is 1. The molecule has 0 unspecified atom stereocenters. The summed E-state index contributed by atoms with van der Waals surface area (Å²) >= 11 is 1.47. The first-order valence-electron chi connectivity index (χ1n) is 3.94. The van der Waals surface area contributed by atoms with Crippen molar-refractivity contribution in [3.63, 3.8) is 0 Å². The molecule has 0 aliphatic carbocycles. The van der Waals surface area contributed by atoms with Crippen molar-refractivity contribution in [2.75, 3.05) is 12.4 Å². The molecular weight excluding hydrogens is 186 g/mol. The molecule has 0 aromatic carbocycles. The van der Waals surface area contributed by atoms with Crippen molar-refractivity contribution < 1.29 is 9.90 Å². The Hall–Kier alpha value is -0.870. The van der Waals surface area contributed by atoms with Crippen LogP contribution in [0.1, 0.15) is 17.3 Å². The maximum atomic E-state index is 10.9. The van der Waals surface area contributed by atoms with E-state index in [1.54, 1.807) is 18.3 Å². The minimum atomic E-state index is 0.0196. The quantitative estimate of drug-likeness (QED) is 0.585. The molecule has 1 aromatic heterocycles. The average Bonchev–Trinajstić information content (AvgIpc) is 2.15. The van der Waals surface area contributed by atoms with Gasteiger partial charge < -0.3 is 5.11 Å². The number of aliphatic hydroxyl groups is 1. The molecule has 0 amide bonds. The first kappa shape index (κ1) is 10.2. The van der Waals surface area contributed by atoms with Crippen LogP contribution in [0.5, 0.6) is 0 Å². The highest BCUT2D eigenvalue weighted by atomic mass is 32.2. The van der Waals surface area contributed by atoms with Gasteiger partial charge in [-0.3, -0.25) is 4.79 Å². The molecule has 0 saturated carbocycles. The summed E-state index contributed by atoms with van der Waals surface area (Å²) in [6.45, 7) is 1.65. The Labute approximate surface area is 81.2 Å². The minimum absolute atomic E-state index is 0.0196. The van der Waals surface area contributed by atoms with Crippen LogP contribution in [0.4, 0.5) is 0 Å². The summed E-state index contributed by atoms with van der Waals surface area (Å²) in [6.07, 6.45) is 1.56. The number of hydrogen-bond acceptors (Lipinski definition) is 4. The summed E-state index contributed by atoms with van der Waals surface area (Å²) in [6, 6.07) is 3.53. The maximum Gasteiger partial charge on any atom is 0.161 e. The monoisotopic (exact) mass is 197 g/mol. The molecule has 0 aliphatic rings. The number of ketones is 1. The van der Waals surface area contributed by atoms with Gasteiger partial charge in [-0.1, -0.05) is 0 Å². The topological polar surface area (TPSA) is 50.2 Å². The van der Waals surface area contributed by atoms with Crippen molar-refractivity contribution in [1.82, 2.24) is 4.98 Å². The number of carbonyl (C=O) groups excluding carboxylic acids is 1. The number of aromatic nitrogens is 1. The second kappa shape index (κ2) is 4.99. The van der Waals surface area contributed by atoms with E-state index in [-0.39, 0.29) is 12.4 Å². The van der Waals surface area contributed by atoms with Gasteiger partial charge in [0.15, 0.2) is 5.78 Å². The van der Waals surface area contributed by atoms with Gasteiger partial charge in [0.1, 0.15) is 0 Å². The van der Waals surface area contributed by atoms with E-state index >= 15 is 0 Å². The van der Waals surface area contributed by atoms with Gasteiger partial charge in [0.2, 0.25) is 0 Å². The standard InChI is InChI=1S/C9H11NO2S/c1-7(12)8-2-3-9(10-6-8)13-5-4-11/h2-3,6,11H,4-5H2,1H3. The smallest absolute Gasteiger partial charge is 0.161 e. The Morgan fingerprint density at radius 3 is 2.85 bits per heavy atom. The normalized spacial score (nSPS) is 10.0. The van der Waals surface area contributed by atoms with Gasteiger partial charge in [-0.15, -0.1) is 11.8 Å². The van der Waals surface area contributed by atoms with Crippen LogP contribution in [0.2, 0.25) is 0 Å². The van der Waals surface area contributed by atoms with Gasteiger partial charge in [-0.05, 0) is 19.1 Å². The lowest BCUT2D eigenvalue weighted by atomic mass is 10.2. The van der Waals surface area contributed by atoms with E-state index in [9.17, 15) is 4.79 Å². The van der Waals surface area contributed by atoms with Crippen LogP contribution in [-0.2, 0) is 0 Å². The third-order valence-corrected chi connectivity index (χ3v) is 2.41. The van der Waals surface area contributed by atoms with Crippen LogP contribution in [-0.4, -0.2) is 28.2 Å². The molecule has 0 spiro atoms. The van der Waals surface area contributed by atoms with Crippen LogP contribution in [0, 0.1) is 0 Å². The second-order valence-electron chi connectivity index (χ2n) is 2.51. The summed E-state index contributed by atoms with van der Waals surface area (Å²) in [4.78, 5) is 15.0. The molecule has 70 valence electrons. The number of pyridine rings is 1. The van der Waals surface area contributed by atoms with Crippen LogP contribution in [0.3, 0.4) is 0 Å². The van der Waals surface area contributed by atoms with E-state index in [1.165, 1.54) is 18.7 Å². The van der Waals surface area contributed by atoms with Crippen LogP contribution in [0.15, 0.2) is 23.4 Å². The summed E-state index contributed by atoms with van der Waals surface area (Å²) in [5.41, 5.74) is 0.619. The average molecular weight is 197 g/mol. The number of aliphatic hydroxyl groups excluding tert-OH is 1. The Morgan fingerprint density at radius 1 is 1.62 bits per heavy atom. The molecule has 1 N–H and O–H groups in total. The lowest BCUT2D eigenvalue weighted by Crippen LogP contribution is -1.94. The Morgan fingerprint density at radius 2 is 2.38 bits per heavy atom. The molecule has 1 rings (SSSR count). The van der Waals surface area contributed by atoms with E-state index in [0.717, 1.165) is 5.03 Å². The number of nitrogens with zero attached hydrogens (tertiary/aromatic N) is 1. The molecule has 1 aromatic rings. The molecule has 1 heterocycles. The van der Waals surface area contributed by atoms with Crippen molar-refractivity contribution in [2.24, 2.45) is 0 Å². The van der Waals surface area contributed by atoms with Crippen LogP contribution >= 0.6 is 11.8 Å². The van der Waals surface area contributed by atoms with Crippen molar-refractivity contribution in [3.05, 3.63) is 23.9 Å². The maximum absolute atomic E-state index is 10.9. The predicted octanol–water partition coefficient (Wildman–Crippen LogP) is 1.37. The Balaban J connectivity index is 2.64. The fourth-order valence-electron chi connectivity index (χ4n) is 0.824. The van der Waals surface area contributed by atoms with E-state index in [4.69, 9.17) is 5.11 Å². The first-order chi connectivity index (χ1) is 6.24. The predicted molar refractivity (Wildman–Crippen MR) is 52.1 cm³/mol.